The number of nitrogens with zero attached hydrogens (tertiary/aromatic N) is 2. The normalized spacial score (nSPS) is 21.3. The molecule has 8 heteroatoms. The van der Waals surface area contributed by atoms with Gasteiger partial charge in [-0.05, 0) is 6.07 Å². The lowest BCUT2D eigenvalue weighted by Gasteiger charge is -2.11. The average molecular weight is 281 g/mol. The van der Waals surface area contributed by atoms with Crippen molar-refractivity contribution in [2.45, 2.75) is 24.9 Å². The van der Waals surface area contributed by atoms with Crippen LogP contribution in [0.3, 0.4) is 0 Å². The van der Waals surface area contributed by atoms with Crippen molar-refractivity contribution in [3.05, 3.63) is 18.5 Å². The fraction of sp³-hybridized carbons (Fsp3) is 0.600. The largest absolute Gasteiger partial charge is 0.353 e. The Balaban J connectivity index is 0.00000162. The molecule has 0 radical (unpaired) electrons. The second-order valence-electron chi connectivity index (χ2n) is 4.05. The summed E-state index contributed by atoms with van der Waals surface area (Å²) in [4.78, 5) is 11.5. The molecule has 2 N–H and O–H groups in total. The van der Waals surface area contributed by atoms with Crippen LogP contribution in [0.15, 0.2) is 18.5 Å². The van der Waals surface area contributed by atoms with Crippen molar-refractivity contribution in [3.8, 4) is 0 Å². The second kappa shape index (κ2) is 6.10. The number of amides is 1. The molecule has 1 unspecified atom stereocenters. The van der Waals surface area contributed by atoms with E-state index in [2.05, 4.69) is 15.7 Å². The monoisotopic (exact) mass is 280 g/mol. The number of carbonyl (C=O) groups excluding carboxylic acids is 1. The first-order valence-electron chi connectivity index (χ1n) is 5.43. The lowest BCUT2D eigenvalue weighted by molar-refractivity contribution is -0.123. The van der Waals surface area contributed by atoms with E-state index in [0.29, 0.717) is 13.1 Å². The van der Waals surface area contributed by atoms with E-state index in [9.17, 15) is 13.6 Å². The number of alkyl halides is 2. The lowest BCUT2D eigenvalue weighted by Crippen LogP contribution is -2.41. The van der Waals surface area contributed by atoms with Gasteiger partial charge in [0.25, 0.3) is 5.92 Å². The van der Waals surface area contributed by atoms with Gasteiger partial charge in [0, 0.05) is 25.4 Å². The molecule has 0 bridgehead atoms. The number of hydrogen-bond donors (Lipinski definition) is 2. The first kappa shape index (κ1) is 14.8. The van der Waals surface area contributed by atoms with E-state index >= 15 is 0 Å². The van der Waals surface area contributed by atoms with E-state index in [1.54, 1.807) is 23.1 Å². The maximum Gasteiger partial charge on any atom is 0.262 e. The summed E-state index contributed by atoms with van der Waals surface area (Å²) in [6.45, 7) is 0.483. The van der Waals surface area contributed by atoms with Gasteiger partial charge in [-0.25, -0.2) is 8.78 Å². The van der Waals surface area contributed by atoms with Gasteiger partial charge in [-0.2, -0.15) is 5.10 Å². The highest BCUT2D eigenvalue weighted by Gasteiger charge is 2.42. The smallest absolute Gasteiger partial charge is 0.262 e. The van der Waals surface area contributed by atoms with Gasteiger partial charge < -0.3 is 5.32 Å². The molecule has 2 heterocycles. The van der Waals surface area contributed by atoms with Gasteiger partial charge in [-0.15, -0.1) is 12.4 Å². The summed E-state index contributed by atoms with van der Waals surface area (Å²) in [5.74, 6) is -3.15. The van der Waals surface area contributed by atoms with Crippen LogP contribution in [0.25, 0.3) is 0 Å². The van der Waals surface area contributed by atoms with Crippen molar-refractivity contribution >= 4 is 18.3 Å². The third-order valence-electron chi connectivity index (χ3n) is 2.63. The maximum atomic E-state index is 12.8. The average Bonchev–Trinajstić information content (AvgIpc) is 2.87. The summed E-state index contributed by atoms with van der Waals surface area (Å²) < 4.78 is 27.4. The van der Waals surface area contributed by atoms with Gasteiger partial charge in [0.1, 0.15) is 0 Å². The molecule has 1 aromatic heterocycles. The van der Waals surface area contributed by atoms with Crippen LogP contribution in [0, 0.1) is 0 Å². The van der Waals surface area contributed by atoms with Crippen LogP contribution in [0.2, 0.25) is 0 Å². The summed E-state index contributed by atoms with van der Waals surface area (Å²) in [7, 11) is 0. The molecule has 0 saturated carbocycles. The van der Waals surface area contributed by atoms with Crippen LogP contribution < -0.4 is 10.6 Å². The van der Waals surface area contributed by atoms with Crippen molar-refractivity contribution < 1.29 is 13.6 Å². The fourth-order valence-electron chi connectivity index (χ4n) is 1.75. The molecule has 18 heavy (non-hydrogen) atoms. The molecule has 2 rings (SSSR count). The van der Waals surface area contributed by atoms with Gasteiger partial charge in [-0.1, -0.05) is 0 Å². The molecule has 0 aliphatic carbocycles. The molecule has 1 aliphatic rings. The molecule has 1 amide bonds. The standard InChI is InChI=1S/C10H14F2N4O.ClH/c11-10(12)6-8(14-7-10)9(17)13-3-5-16-4-1-2-15-16;/h1-2,4,8,14H,3,5-7H2,(H,13,17);1H. The molecule has 1 atom stereocenters. The first-order chi connectivity index (χ1) is 8.07. The molecule has 5 nitrogen and oxygen atoms in total. The SMILES string of the molecule is Cl.O=C(NCCn1cccn1)C1CC(F)(F)CN1. The summed E-state index contributed by atoms with van der Waals surface area (Å²) in [6, 6.07) is 0.989. The van der Waals surface area contributed by atoms with E-state index in [1.807, 2.05) is 0 Å². The van der Waals surface area contributed by atoms with E-state index < -0.39 is 24.9 Å². The summed E-state index contributed by atoms with van der Waals surface area (Å²) in [5.41, 5.74) is 0. The van der Waals surface area contributed by atoms with Crippen molar-refractivity contribution in [1.29, 1.82) is 0 Å². The van der Waals surface area contributed by atoms with E-state index in [0.717, 1.165) is 0 Å². The third-order valence-corrected chi connectivity index (χ3v) is 2.63. The zero-order valence-electron chi connectivity index (χ0n) is 9.60. The minimum Gasteiger partial charge on any atom is -0.353 e. The predicted octanol–water partition coefficient (Wildman–Crippen LogP) is 0.418. The lowest BCUT2D eigenvalue weighted by atomic mass is 10.2. The van der Waals surface area contributed by atoms with E-state index in [1.165, 1.54) is 0 Å². The first-order valence-corrected chi connectivity index (χ1v) is 5.43. The minimum absolute atomic E-state index is 0. The van der Waals surface area contributed by atoms with Crippen LogP contribution in [-0.2, 0) is 11.3 Å². The Bertz CT molecular complexity index is 385. The molecule has 0 spiro atoms. The van der Waals surface area contributed by atoms with E-state index in [-0.39, 0.29) is 18.3 Å². The van der Waals surface area contributed by atoms with Crippen LogP contribution in [0.1, 0.15) is 6.42 Å². The number of hydrogen-bond acceptors (Lipinski definition) is 3. The van der Waals surface area contributed by atoms with Crippen molar-refractivity contribution in [2.24, 2.45) is 0 Å². The summed E-state index contributed by atoms with van der Waals surface area (Å²) in [6.07, 6.45) is 2.98. The highest BCUT2D eigenvalue weighted by atomic mass is 35.5. The third kappa shape index (κ3) is 3.92. The number of carbonyl (C=O) groups is 1. The zero-order chi connectivity index (χ0) is 12.3. The summed E-state index contributed by atoms with van der Waals surface area (Å²) in [5, 5.41) is 9.07. The molecule has 1 aliphatic heterocycles. The molecule has 102 valence electrons. The van der Waals surface area contributed by atoms with Crippen LogP contribution >= 0.6 is 12.4 Å². The van der Waals surface area contributed by atoms with Crippen molar-refractivity contribution in [2.75, 3.05) is 13.1 Å². The Labute approximate surface area is 109 Å². The Morgan fingerprint density at radius 3 is 2.94 bits per heavy atom. The second-order valence-corrected chi connectivity index (χ2v) is 4.05. The Kier molecular flexibility index (Phi) is 5.03. The van der Waals surface area contributed by atoms with E-state index in [4.69, 9.17) is 0 Å². The van der Waals surface area contributed by atoms with Gasteiger partial charge in [0.05, 0.1) is 19.1 Å². The molecule has 1 fully saturated rings. The number of aromatic nitrogens is 2. The zero-order valence-corrected chi connectivity index (χ0v) is 10.4. The molecular weight excluding hydrogens is 266 g/mol. The van der Waals surface area contributed by atoms with Crippen molar-refractivity contribution in [3.63, 3.8) is 0 Å². The molecule has 0 aromatic carbocycles. The highest BCUT2D eigenvalue weighted by Crippen LogP contribution is 2.24. The Morgan fingerprint density at radius 1 is 1.61 bits per heavy atom. The molecule has 1 saturated heterocycles. The van der Waals surface area contributed by atoms with Crippen LogP contribution in [0.5, 0.6) is 0 Å². The Hall–Kier alpha value is -1.21. The predicted molar refractivity (Wildman–Crippen MR) is 63.8 cm³/mol. The molecular formula is C10H15ClF2N4O. The van der Waals surface area contributed by atoms with Crippen molar-refractivity contribution in [1.82, 2.24) is 20.4 Å². The topological polar surface area (TPSA) is 59.0 Å². The van der Waals surface area contributed by atoms with Gasteiger partial charge >= 0.3 is 0 Å². The van der Waals surface area contributed by atoms with Gasteiger partial charge in [0.2, 0.25) is 5.91 Å². The number of rotatable bonds is 4. The number of halogens is 3. The minimum atomic E-state index is -2.77. The van der Waals surface area contributed by atoms with Crippen LogP contribution in [-0.4, -0.2) is 40.7 Å². The van der Waals surface area contributed by atoms with Crippen LogP contribution in [0.4, 0.5) is 8.78 Å². The fourth-order valence-corrected chi connectivity index (χ4v) is 1.75. The van der Waals surface area contributed by atoms with Gasteiger partial charge in [-0.3, -0.25) is 14.8 Å². The maximum absolute atomic E-state index is 12.8. The number of nitrogens with one attached hydrogen (secondary N) is 2. The Morgan fingerprint density at radius 2 is 2.39 bits per heavy atom. The highest BCUT2D eigenvalue weighted by molar-refractivity contribution is 5.85. The molecule has 1 aromatic rings. The van der Waals surface area contributed by atoms with Gasteiger partial charge in [0.15, 0.2) is 0 Å². The summed E-state index contributed by atoms with van der Waals surface area (Å²) >= 11 is 0. The quantitative estimate of drug-likeness (QED) is 0.840.